The Balaban J connectivity index is 2.38. The lowest BCUT2D eigenvalue weighted by Crippen LogP contribution is -2.62. The number of aliphatic hydroxyl groups is 1. The molecule has 0 aliphatic carbocycles. The Morgan fingerprint density at radius 3 is 2.83 bits per heavy atom. The van der Waals surface area contributed by atoms with Crippen LogP contribution >= 0.6 is 15.9 Å². The number of rotatable bonds is 2. The molecule has 0 spiro atoms. The number of halogens is 1. The molecule has 0 unspecified atom stereocenters. The van der Waals surface area contributed by atoms with E-state index in [9.17, 15) is 4.79 Å². The second kappa shape index (κ2) is 4.90. The zero-order chi connectivity index (χ0) is 13.3. The summed E-state index contributed by atoms with van der Waals surface area (Å²) in [5, 5.41) is 12.0. The molecule has 1 aromatic carbocycles. The third-order valence-electron chi connectivity index (χ3n) is 3.34. The van der Waals surface area contributed by atoms with E-state index in [0.29, 0.717) is 6.54 Å². The monoisotopic (exact) mass is 312 g/mol. The maximum absolute atomic E-state index is 11.9. The highest BCUT2D eigenvalue weighted by Crippen LogP contribution is 2.33. The number of carbonyl (C=O) groups is 1. The Labute approximate surface area is 115 Å². The van der Waals surface area contributed by atoms with Gasteiger partial charge in [-0.15, -0.1) is 0 Å². The van der Waals surface area contributed by atoms with E-state index < -0.39 is 5.54 Å². The van der Waals surface area contributed by atoms with Crippen molar-refractivity contribution in [2.75, 3.05) is 18.0 Å². The number of nitrogens with one attached hydrogen (secondary N) is 1. The summed E-state index contributed by atoms with van der Waals surface area (Å²) in [4.78, 5) is 14.0. The highest BCUT2D eigenvalue weighted by molar-refractivity contribution is 9.10. The molecule has 1 aromatic rings. The molecule has 1 fully saturated rings. The Hall–Kier alpha value is -1.07. The van der Waals surface area contributed by atoms with Crippen LogP contribution in [-0.4, -0.2) is 29.6 Å². The second-order valence-electron chi connectivity index (χ2n) is 4.91. The van der Waals surface area contributed by atoms with Crippen molar-refractivity contribution in [3.63, 3.8) is 0 Å². The molecule has 0 bridgehead atoms. The molecular weight excluding hydrogens is 296 g/mol. The number of aliphatic hydroxyl groups excluding tert-OH is 1. The van der Waals surface area contributed by atoms with Crippen LogP contribution in [-0.2, 0) is 11.4 Å². The van der Waals surface area contributed by atoms with E-state index in [2.05, 4.69) is 26.1 Å². The predicted molar refractivity (Wildman–Crippen MR) is 74.5 cm³/mol. The van der Waals surface area contributed by atoms with Gasteiger partial charge in [-0.05, 0) is 47.5 Å². The molecule has 0 saturated carbocycles. The van der Waals surface area contributed by atoms with Crippen LogP contribution in [0.15, 0.2) is 22.7 Å². The van der Waals surface area contributed by atoms with Gasteiger partial charge in [0, 0.05) is 17.6 Å². The lowest BCUT2D eigenvalue weighted by Gasteiger charge is -2.43. The fourth-order valence-electron chi connectivity index (χ4n) is 2.19. The molecule has 1 aliphatic rings. The Kier molecular flexibility index (Phi) is 3.64. The summed E-state index contributed by atoms with van der Waals surface area (Å²) < 4.78 is 0.900. The number of hydrogen-bond donors (Lipinski definition) is 2. The van der Waals surface area contributed by atoms with E-state index in [0.717, 1.165) is 22.3 Å². The molecule has 2 rings (SSSR count). The average molecular weight is 313 g/mol. The number of carbonyl (C=O) groups excluding carboxylic acids is 1. The molecule has 98 valence electrons. The molecule has 2 N–H and O–H groups in total. The zero-order valence-electron chi connectivity index (χ0n) is 10.5. The zero-order valence-corrected chi connectivity index (χ0v) is 12.1. The summed E-state index contributed by atoms with van der Waals surface area (Å²) in [5.41, 5.74) is 1.26. The maximum Gasteiger partial charge on any atom is 0.245 e. The van der Waals surface area contributed by atoms with Gasteiger partial charge in [-0.3, -0.25) is 4.79 Å². The molecule has 1 aliphatic heterocycles. The van der Waals surface area contributed by atoms with Gasteiger partial charge in [0.05, 0.1) is 12.3 Å². The average Bonchev–Trinajstić information content (AvgIpc) is 2.33. The third kappa shape index (κ3) is 2.24. The number of anilines is 1. The lowest BCUT2D eigenvalue weighted by atomic mass is 9.97. The summed E-state index contributed by atoms with van der Waals surface area (Å²) in [5.74, 6) is 0.0342. The fraction of sp³-hybridized carbons (Fsp3) is 0.462. The summed E-state index contributed by atoms with van der Waals surface area (Å²) in [6.07, 6.45) is 0. The minimum atomic E-state index is -0.568. The summed E-state index contributed by atoms with van der Waals surface area (Å²) >= 11 is 3.51. The SMILES string of the molecule is CC1(C)C(=O)NCCN1c1ccc(CO)cc1Br. The minimum Gasteiger partial charge on any atom is -0.392 e. The van der Waals surface area contributed by atoms with Crippen LogP contribution in [0.4, 0.5) is 5.69 Å². The smallest absolute Gasteiger partial charge is 0.245 e. The molecule has 1 heterocycles. The summed E-state index contributed by atoms with van der Waals surface area (Å²) in [6.45, 7) is 5.26. The third-order valence-corrected chi connectivity index (χ3v) is 3.97. The first-order valence-electron chi connectivity index (χ1n) is 5.92. The summed E-state index contributed by atoms with van der Waals surface area (Å²) in [6, 6.07) is 5.70. The largest absolute Gasteiger partial charge is 0.392 e. The normalized spacial score (nSPS) is 18.7. The number of nitrogens with zero attached hydrogens (tertiary/aromatic N) is 1. The van der Waals surface area contributed by atoms with Crippen LogP contribution in [0, 0.1) is 0 Å². The first kappa shape index (κ1) is 13.4. The fourth-order valence-corrected chi connectivity index (χ4v) is 2.83. The van der Waals surface area contributed by atoms with Crippen molar-refractivity contribution >= 4 is 27.5 Å². The van der Waals surface area contributed by atoms with Crippen molar-refractivity contribution < 1.29 is 9.90 Å². The number of amides is 1. The van der Waals surface area contributed by atoms with E-state index >= 15 is 0 Å². The quantitative estimate of drug-likeness (QED) is 0.873. The molecule has 5 heteroatoms. The number of benzene rings is 1. The Bertz CT molecular complexity index is 474. The van der Waals surface area contributed by atoms with Crippen molar-refractivity contribution in [3.8, 4) is 0 Å². The Morgan fingerprint density at radius 2 is 2.22 bits per heavy atom. The maximum atomic E-state index is 11.9. The first-order chi connectivity index (χ1) is 8.46. The second-order valence-corrected chi connectivity index (χ2v) is 5.76. The van der Waals surface area contributed by atoms with Gasteiger partial charge in [-0.2, -0.15) is 0 Å². The predicted octanol–water partition coefficient (Wildman–Crippen LogP) is 1.66. The van der Waals surface area contributed by atoms with Gasteiger partial charge in [0.25, 0.3) is 0 Å². The van der Waals surface area contributed by atoms with E-state index in [-0.39, 0.29) is 12.5 Å². The van der Waals surface area contributed by atoms with Crippen molar-refractivity contribution in [1.82, 2.24) is 5.32 Å². The molecule has 1 saturated heterocycles. The van der Waals surface area contributed by atoms with Gasteiger partial charge in [0.15, 0.2) is 0 Å². The minimum absolute atomic E-state index is 0.0166. The van der Waals surface area contributed by atoms with Crippen LogP contribution in [0.1, 0.15) is 19.4 Å². The van der Waals surface area contributed by atoms with E-state index in [1.165, 1.54) is 0 Å². The molecule has 0 aromatic heterocycles. The summed E-state index contributed by atoms with van der Waals surface area (Å²) in [7, 11) is 0. The van der Waals surface area contributed by atoms with Crippen LogP contribution in [0.5, 0.6) is 0 Å². The van der Waals surface area contributed by atoms with Crippen LogP contribution in [0.25, 0.3) is 0 Å². The van der Waals surface area contributed by atoms with Gasteiger partial charge in [0.2, 0.25) is 5.91 Å². The molecule has 0 atom stereocenters. The van der Waals surface area contributed by atoms with Crippen molar-refractivity contribution in [2.45, 2.75) is 26.0 Å². The van der Waals surface area contributed by atoms with Gasteiger partial charge in [-0.25, -0.2) is 0 Å². The molecule has 1 amide bonds. The van der Waals surface area contributed by atoms with Crippen molar-refractivity contribution in [2.24, 2.45) is 0 Å². The molecule has 18 heavy (non-hydrogen) atoms. The first-order valence-corrected chi connectivity index (χ1v) is 6.71. The topological polar surface area (TPSA) is 52.6 Å². The van der Waals surface area contributed by atoms with Crippen molar-refractivity contribution in [1.29, 1.82) is 0 Å². The van der Waals surface area contributed by atoms with Crippen LogP contribution in [0.2, 0.25) is 0 Å². The highest BCUT2D eigenvalue weighted by atomic mass is 79.9. The number of piperazine rings is 1. The standard InChI is InChI=1S/C13H17BrN2O2/c1-13(2)12(18)15-5-6-16(13)11-4-3-9(8-17)7-10(11)14/h3-4,7,17H,5-6,8H2,1-2H3,(H,15,18). The molecule has 4 nitrogen and oxygen atoms in total. The molecule has 0 radical (unpaired) electrons. The van der Waals surface area contributed by atoms with Crippen LogP contribution in [0.3, 0.4) is 0 Å². The van der Waals surface area contributed by atoms with Gasteiger partial charge < -0.3 is 15.3 Å². The van der Waals surface area contributed by atoms with Gasteiger partial charge in [-0.1, -0.05) is 6.07 Å². The van der Waals surface area contributed by atoms with Gasteiger partial charge in [0.1, 0.15) is 5.54 Å². The van der Waals surface area contributed by atoms with E-state index in [4.69, 9.17) is 5.11 Å². The lowest BCUT2D eigenvalue weighted by molar-refractivity contribution is -0.126. The Morgan fingerprint density at radius 1 is 1.50 bits per heavy atom. The van der Waals surface area contributed by atoms with E-state index in [1.807, 2.05) is 32.0 Å². The van der Waals surface area contributed by atoms with Crippen LogP contribution < -0.4 is 10.2 Å². The number of hydrogen-bond acceptors (Lipinski definition) is 3. The molecular formula is C13H17BrN2O2. The van der Waals surface area contributed by atoms with Crippen molar-refractivity contribution in [3.05, 3.63) is 28.2 Å². The highest BCUT2D eigenvalue weighted by Gasteiger charge is 2.38. The van der Waals surface area contributed by atoms with Gasteiger partial charge >= 0.3 is 0 Å². The van der Waals surface area contributed by atoms with E-state index in [1.54, 1.807) is 0 Å².